The molecular weight excluding hydrogens is 417 g/mol. The highest BCUT2D eigenvalue weighted by Gasteiger charge is 2.17. The molecule has 33 heavy (non-hydrogen) atoms. The van der Waals surface area contributed by atoms with E-state index in [9.17, 15) is 13.2 Å². The highest BCUT2D eigenvalue weighted by atomic mass is 19.2. The molecule has 0 saturated carbocycles. The predicted molar refractivity (Wildman–Crippen MR) is 131 cm³/mol. The van der Waals surface area contributed by atoms with Crippen molar-refractivity contribution < 1.29 is 13.2 Å². The van der Waals surface area contributed by atoms with Crippen LogP contribution in [0.25, 0.3) is 27.8 Å². The molecule has 1 aliphatic carbocycles. The maximum atomic E-state index is 15.0. The van der Waals surface area contributed by atoms with Crippen LogP contribution in [0.2, 0.25) is 0 Å². The summed E-state index contributed by atoms with van der Waals surface area (Å²) in [5.41, 5.74) is 4.56. The summed E-state index contributed by atoms with van der Waals surface area (Å²) in [4.78, 5) is 0. The van der Waals surface area contributed by atoms with Crippen LogP contribution in [-0.2, 0) is 6.42 Å². The van der Waals surface area contributed by atoms with Crippen LogP contribution in [-0.4, -0.2) is 0 Å². The van der Waals surface area contributed by atoms with Gasteiger partial charge in [-0.2, -0.15) is 0 Å². The van der Waals surface area contributed by atoms with Gasteiger partial charge in [0, 0.05) is 11.1 Å². The summed E-state index contributed by atoms with van der Waals surface area (Å²) in [7, 11) is 0. The molecule has 0 heterocycles. The average molecular weight is 447 g/mol. The van der Waals surface area contributed by atoms with Crippen molar-refractivity contribution in [2.24, 2.45) is 5.92 Å². The maximum Gasteiger partial charge on any atom is 0.166 e. The van der Waals surface area contributed by atoms with E-state index in [0.29, 0.717) is 29.0 Å². The Balaban J connectivity index is 1.55. The third-order valence-corrected chi connectivity index (χ3v) is 6.44. The minimum absolute atomic E-state index is 0.230. The molecule has 0 aliphatic heterocycles. The summed E-state index contributed by atoms with van der Waals surface area (Å²) in [6.45, 7) is 3.97. The smallest absolute Gasteiger partial charge is 0.166 e. The number of rotatable bonds is 6. The first-order valence-electron chi connectivity index (χ1n) is 11.7. The molecule has 170 valence electrons. The van der Waals surface area contributed by atoms with Gasteiger partial charge in [0.05, 0.1) is 0 Å². The van der Waals surface area contributed by atoms with Gasteiger partial charge >= 0.3 is 0 Å². The highest BCUT2D eigenvalue weighted by Crippen LogP contribution is 2.34. The number of hydrogen-bond donors (Lipinski definition) is 0. The van der Waals surface area contributed by atoms with E-state index in [0.717, 1.165) is 42.4 Å². The van der Waals surface area contributed by atoms with Crippen LogP contribution in [0.5, 0.6) is 0 Å². The number of allylic oxidation sites excluding steroid dienone is 4. The third-order valence-electron chi connectivity index (χ3n) is 6.44. The van der Waals surface area contributed by atoms with Gasteiger partial charge < -0.3 is 0 Å². The van der Waals surface area contributed by atoms with Gasteiger partial charge in [-0.05, 0) is 72.4 Å². The van der Waals surface area contributed by atoms with Crippen molar-refractivity contribution in [2.75, 3.05) is 0 Å². The normalized spacial score (nSPS) is 16.3. The lowest BCUT2D eigenvalue weighted by atomic mass is 9.86. The molecule has 4 rings (SSSR count). The van der Waals surface area contributed by atoms with Gasteiger partial charge in [0.25, 0.3) is 0 Å². The molecule has 1 aliphatic rings. The lowest BCUT2D eigenvalue weighted by molar-refractivity contribution is 0.500. The summed E-state index contributed by atoms with van der Waals surface area (Å²) in [6.07, 6.45) is 10.6. The van der Waals surface area contributed by atoms with E-state index in [1.165, 1.54) is 0 Å². The molecule has 0 N–H and O–H groups in total. The Morgan fingerprint density at radius 1 is 0.848 bits per heavy atom. The number of hydrogen-bond acceptors (Lipinski definition) is 0. The second-order valence-electron chi connectivity index (χ2n) is 8.71. The van der Waals surface area contributed by atoms with E-state index in [1.807, 2.05) is 38.1 Å². The van der Waals surface area contributed by atoms with Gasteiger partial charge in [-0.1, -0.05) is 80.1 Å². The van der Waals surface area contributed by atoms with Gasteiger partial charge in [0.2, 0.25) is 0 Å². The second-order valence-corrected chi connectivity index (χ2v) is 8.71. The Bertz CT molecular complexity index is 1190. The second kappa shape index (κ2) is 10.2. The minimum Gasteiger partial charge on any atom is -0.206 e. The van der Waals surface area contributed by atoms with Gasteiger partial charge in [0.1, 0.15) is 5.82 Å². The molecule has 3 aromatic carbocycles. The van der Waals surface area contributed by atoms with Crippen LogP contribution in [0.15, 0.2) is 72.8 Å². The molecule has 0 bridgehead atoms. The first kappa shape index (κ1) is 23.1. The first-order chi connectivity index (χ1) is 16.0. The Labute approximate surface area is 194 Å². The van der Waals surface area contributed by atoms with Crippen molar-refractivity contribution in [1.82, 2.24) is 0 Å². The summed E-state index contributed by atoms with van der Waals surface area (Å²) >= 11 is 0. The lowest BCUT2D eigenvalue weighted by Gasteiger charge is -2.20. The minimum atomic E-state index is -0.818. The summed E-state index contributed by atoms with van der Waals surface area (Å²) in [6, 6.07) is 15.8. The quantitative estimate of drug-likeness (QED) is 0.331. The Hall–Kier alpha value is -3.07. The summed E-state index contributed by atoms with van der Waals surface area (Å²) < 4.78 is 43.9. The van der Waals surface area contributed by atoms with Gasteiger partial charge in [-0.25, -0.2) is 13.2 Å². The van der Waals surface area contributed by atoms with Crippen molar-refractivity contribution in [3.63, 3.8) is 0 Å². The maximum absolute atomic E-state index is 15.0. The SMILES string of the molecule is C/C=C/C1CC=C(c2ccc(-c3ccc(-c4ccc(CCC)c(F)c4F)cc3)cc2F)CC1. The van der Waals surface area contributed by atoms with E-state index in [2.05, 4.69) is 18.2 Å². The van der Waals surface area contributed by atoms with E-state index < -0.39 is 11.6 Å². The van der Waals surface area contributed by atoms with Crippen LogP contribution >= 0.6 is 0 Å². The van der Waals surface area contributed by atoms with E-state index in [1.54, 1.807) is 30.3 Å². The molecule has 0 amide bonds. The average Bonchev–Trinajstić information content (AvgIpc) is 2.83. The standard InChI is InChI=1S/C30H29F3/c1-3-5-20-7-9-22(10-8-20)26-17-16-25(19-28(26)31)21-11-13-23(14-12-21)27-18-15-24(6-4-2)29(32)30(27)33/h3,5,9,11-20H,4,6-8,10H2,1-2H3/b5-3+. The fourth-order valence-corrected chi connectivity index (χ4v) is 4.62. The number of benzene rings is 3. The van der Waals surface area contributed by atoms with Gasteiger partial charge in [0.15, 0.2) is 11.6 Å². The molecule has 0 spiro atoms. The van der Waals surface area contributed by atoms with Crippen LogP contribution in [0.4, 0.5) is 13.2 Å². The predicted octanol–water partition coefficient (Wildman–Crippen LogP) is 9.15. The largest absolute Gasteiger partial charge is 0.206 e. The molecule has 0 saturated heterocycles. The van der Waals surface area contributed by atoms with E-state index in [-0.39, 0.29) is 11.4 Å². The molecule has 0 aromatic heterocycles. The number of halogens is 3. The summed E-state index contributed by atoms with van der Waals surface area (Å²) in [5, 5.41) is 0. The van der Waals surface area contributed by atoms with Crippen LogP contribution < -0.4 is 0 Å². The van der Waals surface area contributed by atoms with Gasteiger partial charge in [-0.3, -0.25) is 0 Å². The topological polar surface area (TPSA) is 0 Å². The summed E-state index contributed by atoms with van der Waals surface area (Å²) in [5.74, 6) is -1.28. The molecule has 0 radical (unpaired) electrons. The molecular formula is C30H29F3. The fourth-order valence-electron chi connectivity index (χ4n) is 4.62. The third kappa shape index (κ3) is 4.98. The highest BCUT2D eigenvalue weighted by molar-refractivity contribution is 5.74. The first-order valence-corrected chi connectivity index (χ1v) is 11.7. The van der Waals surface area contributed by atoms with Crippen LogP contribution in [0, 0.1) is 23.4 Å². The molecule has 1 unspecified atom stereocenters. The van der Waals surface area contributed by atoms with E-state index >= 15 is 0 Å². The molecule has 1 atom stereocenters. The molecule has 0 fully saturated rings. The molecule has 3 heteroatoms. The van der Waals surface area contributed by atoms with Crippen molar-refractivity contribution >= 4 is 5.57 Å². The Morgan fingerprint density at radius 3 is 2.18 bits per heavy atom. The van der Waals surface area contributed by atoms with Crippen molar-refractivity contribution in [3.05, 3.63) is 101 Å². The Kier molecular flexibility index (Phi) is 7.17. The molecule has 3 aromatic rings. The number of aryl methyl sites for hydroxylation is 1. The van der Waals surface area contributed by atoms with Crippen molar-refractivity contribution in [3.8, 4) is 22.3 Å². The monoisotopic (exact) mass is 446 g/mol. The lowest BCUT2D eigenvalue weighted by Crippen LogP contribution is -2.03. The molecule has 0 nitrogen and oxygen atoms in total. The zero-order valence-corrected chi connectivity index (χ0v) is 19.2. The van der Waals surface area contributed by atoms with Crippen molar-refractivity contribution in [1.29, 1.82) is 0 Å². The van der Waals surface area contributed by atoms with Crippen LogP contribution in [0.1, 0.15) is 50.7 Å². The zero-order valence-electron chi connectivity index (χ0n) is 19.2. The van der Waals surface area contributed by atoms with Gasteiger partial charge in [-0.15, -0.1) is 0 Å². The zero-order chi connectivity index (χ0) is 23.4. The fraction of sp³-hybridized carbons (Fsp3) is 0.267. The van der Waals surface area contributed by atoms with Crippen molar-refractivity contribution in [2.45, 2.75) is 46.0 Å². The Morgan fingerprint density at radius 2 is 1.55 bits per heavy atom. The van der Waals surface area contributed by atoms with E-state index in [4.69, 9.17) is 0 Å². The van der Waals surface area contributed by atoms with Crippen LogP contribution in [0.3, 0.4) is 0 Å².